The second-order valence-corrected chi connectivity index (χ2v) is 4.65. The molecule has 0 aromatic heterocycles. The molecular formula is C14H12ClNO4. The van der Waals surface area contributed by atoms with Gasteiger partial charge in [-0.3, -0.25) is 10.1 Å². The molecule has 2 aromatic rings. The molecule has 5 nitrogen and oxygen atoms in total. The van der Waals surface area contributed by atoms with Crippen molar-refractivity contribution in [2.75, 3.05) is 0 Å². The van der Waals surface area contributed by atoms with Gasteiger partial charge < -0.3 is 9.84 Å². The predicted octanol–water partition coefficient (Wildman–Crippen LogP) is 3.84. The largest absolute Gasteiger partial charge is 0.455 e. The standard InChI is InChI=1S/C14H12ClNO4/c1-9-2-4-14(12(15)6-9)20-13-5-3-11(16(18)19)7-10(13)8-17/h2-7,17H,8H2,1H3. The molecule has 1 N–H and O–H groups in total. The van der Waals surface area contributed by atoms with E-state index in [9.17, 15) is 15.2 Å². The zero-order chi connectivity index (χ0) is 14.7. The monoisotopic (exact) mass is 293 g/mol. The highest BCUT2D eigenvalue weighted by atomic mass is 35.5. The molecule has 0 bridgehead atoms. The first-order valence-corrected chi connectivity index (χ1v) is 6.21. The van der Waals surface area contributed by atoms with Gasteiger partial charge in [0.25, 0.3) is 5.69 Å². The molecule has 2 rings (SSSR count). The average molecular weight is 294 g/mol. The second-order valence-electron chi connectivity index (χ2n) is 4.24. The minimum Gasteiger partial charge on any atom is -0.455 e. The number of benzene rings is 2. The fraction of sp³-hybridized carbons (Fsp3) is 0.143. The van der Waals surface area contributed by atoms with Crippen molar-refractivity contribution < 1.29 is 14.8 Å². The van der Waals surface area contributed by atoms with Crippen molar-refractivity contribution in [2.45, 2.75) is 13.5 Å². The Morgan fingerprint density at radius 2 is 1.95 bits per heavy atom. The molecule has 0 aliphatic rings. The molecule has 104 valence electrons. The number of aliphatic hydroxyl groups excluding tert-OH is 1. The molecule has 0 fully saturated rings. The maximum atomic E-state index is 10.7. The lowest BCUT2D eigenvalue weighted by Crippen LogP contribution is -1.95. The molecule has 2 aromatic carbocycles. The topological polar surface area (TPSA) is 72.6 Å². The van der Waals surface area contributed by atoms with E-state index in [1.54, 1.807) is 12.1 Å². The summed E-state index contributed by atoms with van der Waals surface area (Å²) in [6.45, 7) is 1.54. The Balaban J connectivity index is 2.35. The van der Waals surface area contributed by atoms with Crippen LogP contribution in [0.15, 0.2) is 36.4 Å². The minimum atomic E-state index is -0.526. The SMILES string of the molecule is Cc1ccc(Oc2ccc([N+](=O)[O-])cc2CO)c(Cl)c1. The van der Waals surface area contributed by atoms with Crippen LogP contribution in [0.3, 0.4) is 0 Å². The maximum absolute atomic E-state index is 10.7. The summed E-state index contributed by atoms with van der Waals surface area (Å²) in [5.74, 6) is 0.768. The van der Waals surface area contributed by atoms with E-state index in [2.05, 4.69) is 0 Å². The van der Waals surface area contributed by atoms with E-state index in [4.69, 9.17) is 16.3 Å². The third kappa shape index (κ3) is 3.07. The number of nitro benzene ring substituents is 1. The number of nitro groups is 1. The van der Waals surface area contributed by atoms with Crippen LogP contribution in [0.25, 0.3) is 0 Å². The summed E-state index contributed by atoms with van der Waals surface area (Å²) in [5.41, 5.74) is 1.22. The third-order valence-corrected chi connectivity index (χ3v) is 3.03. The second kappa shape index (κ2) is 5.90. The summed E-state index contributed by atoms with van der Waals surface area (Å²) < 4.78 is 5.61. The van der Waals surface area contributed by atoms with Gasteiger partial charge in [-0.05, 0) is 30.7 Å². The molecule has 0 heterocycles. The Bertz CT molecular complexity index is 658. The number of aryl methyl sites for hydroxylation is 1. The van der Waals surface area contributed by atoms with Crippen LogP contribution in [-0.2, 0) is 6.61 Å². The van der Waals surface area contributed by atoms with Crippen LogP contribution in [0.5, 0.6) is 11.5 Å². The fourth-order valence-electron chi connectivity index (χ4n) is 1.71. The number of hydrogen-bond donors (Lipinski definition) is 1. The molecule has 6 heteroatoms. The molecule has 0 aliphatic heterocycles. The van der Waals surface area contributed by atoms with Crippen molar-refractivity contribution in [2.24, 2.45) is 0 Å². The molecule has 0 unspecified atom stereocenters. The Labute approximate surface area is 120 Å². The lowest BCUT2D eigenvalue weighted by Gasteiger charge is -2.11. The number of rotatable bonds is 4. The van der Waals surface area contributed by atoms with Gasteiger partial charge in [-0.2, -0.15) is 0 Å². The third-order valence-electron chi connectivity index (χ3n) is 2.73. The summed E-state index contributed by atoms with van der Waals surface area (Å²) in [4.78, 5) is 10.2. The van der Waals surface area contributed by atoms with Crippen molar-refractivity contribution in [1.29, 1.82) is 0 Å². The first-order valence-electron chi connectivity index (χ1n) is 5.83. The van der Waals surface area contributed by atoms with Crippen molar-refractivity contribution >= 4 is 17.3 Å². The van der Waals surface area contributed by atoms with E-state index >= 15 is 0 Å². The number of aliphatic hydroxyl groups is 1. The zero-order valence-corrected chi connectivity index (χ0v) is 11.4. The van der Waals surface area contributed by atoms with Gasteiger partial charge in [0, 0.05) is 17.7 Å². The number of ether oxygens (including phenoxy) is 1. The van der Waals surface area contributed by atoms with E-state index < -0.39 is 4.92 Å². The van der Waals surface area contributed by atoms with E-state index in [0.717, 1.165) is 5.56 Å². The molecule has 0 saturated heterocycles. The first-order chi connectivity index (χ1) is 9.51. The summed E-state index contributed by atoms with van der Waals surface area (Å²) in [6.07, 6.45) is 0. The van der Waals surface area contributed by atoms with Crippen LogP contribution in [0.2, 0.25) is 5.02 Å². The van der Waals surface area contributed by atoms with E-state index in [1.165, 1.54) is 18.2 Å². The zero-order valence-electron chi connectivity index (χ0n) is 10.7. The van der Waals surface area contributed by atoms with Crippen LogP contribution in [0, 0.1) is 17.0 Å². The number of hydrogen-bond acceptors (Lipinski definition) is 4. The Kier molecular flexibility index (Phi) is 4.22. The smallest absolute Gasteiger partial charge is 0.270 e. The summed E-state index contributed by atoms with van der Waals surface area (Å²) in [7, 11) is 0. The van der Waals surface area contributed by atoms with Gasteiger partial charge in [-0.1, -0.05) is 17.7 Å². The minimum absolute atomic E-state index is 0.101. The van der Waals surface area contributed by atoms with Gasteiger partial charge in [0.1, 0.15) is 11.5 Å². The van der Waals surface area contributed by atoms with Crippen molar-refractivity contribution in [3.8, 4) is 11.5 Å². The lowest BCUT2D eigenvalue weighted by molar-refractivity contribution is -0.385. The Morgan fingerprint density at radius 3 is 2.55 bits per heavy atom. The van der Waals surface area contributed by atoms with Gasteiger partial charge in [0.2, 0.25) is 0 Å². The molecule has 0 saturated carbocycles. The van der Waals surface area contributed by atoms with Crippen LogP contribution in [0.1, 0.15) is 11.1 Å². The quantitative estimate of drug-likeness (QED) is 0.686. The average Bonchev–Trinajstić information content (AvgIpc) is 2.42. The van der Waals surface area contributed by atoms with Crippen LogP contribution >= 0.6 is 11.6 Å². The van der Waals surface area contributed by atoms with E-state index in [-0.39, 0.29) is 12.3 Å². The fourth-order valence-corrected chi connectivity index (χ4v) is 1.98. The van der Waals surface area contributed by atoms with Crippen molar-refractivity contribution in [3.05, 3.63) is 62.7 Å². The van der Waals surface area contributed by atoms with Crippen molar-refractivity contribution in [3.63, 3.8) is 0 Å². The van der Waals surface area contributed by atoms with E-state index in [0.29, 0.717) is 22.1 Å². The normalized spacial score (nSPS) is 10.3. The molecule has 0 amide bonds. The Morgan fingerprint density at radius 1 is 1.25 bits per heavy atom. The highest BCUT2D eigenvalue weighted by Crippen LogP contribution is 2.33. The van der Waals surface area contributed by atoms with Gasteiger partial charge in [-0.25, -0.2) is 0 Å². The van der Waals surface area contributed by atoms with Gasteiger partial charge in [0.05, 0.1) is 16.6 Å². The predicted molar refractivity (Wildman–Crippen MR) is 75.3 cm³/mol. The van der Waals surface area contributed by atoms with Crippen LogP contribution < -0.4 is 4.74 Å². The molecule has 0 aliphatic carbocycles. The maximum Gasteiger partial charge on any atom is 0.270 e. The van der Waals surface area contributed by atoms with Crippen LogP contribution in [0.4, 0.5) is 5.69 Å². The molecule has 20 heavy (non-hydrogen) atoms. The lowest BCUT2D eigenvalue weighted by atomic mass is 10.2. The van der Waals surface area contributed by atoms with Gasteiger partial charge >= 0.3 is 0 Å². The highest BCUT2D eigenvalue weighted by Gasteiger charge is 2.13. The number of non-ortho nitro benzene ring substituents is 1. The summed E-state index contributed by atoms with van der Waals surface area (Å²) >= 11 is 6.06. The van der Waals surface area contributed by atoms with Gasteiger partial charge in [0.15, 0.2) is 0 Å². The molecule has 0 atom stereocenters. The first kappa shape index (κ1) is 14.3. The molecule has 0 spiro atoms. The van der Waals surface area contributed by atoms with E-state index in [1.807, 2.05) is 13.0 Å². The Hall–Kier alpha value is -2.11. The molecular weight excluding hydrogens is 282 g/mol. The summed E-state index contributed by atoms with van der Waals surface area (Å²) in [6, 6.07) is 9.33. The van der Waals surface area contributed by atoms with Crippen molar-refractivity contribution in [1.82, 2.24) is 0 Å². The van der Waals surface area contributed by atoms with Crippen LogP contribution in [-0.4, -0.2) is 10.0 Å². The number of nitrogens with zero attached hydrogens (tertiary/aromatic N) is 1. The molecule has 0 radical (unpaired) electrons. The number of halogens is 1. The summed E-state index contributed by atoms with van der Waals surface area (Å²) in [5, 5.41) is 20.4. The highest BCUT2D eigenvalue weighted by molar-refractivity contribution is 6.32. The van der Waals surface area contributed by atoms with Gasteiger partial charge in [-0.15, -0.1) is 0 Å².